The highest BCUT2D eigenvalue weighted by atomic mass is 32.1. The van der Waals surface area contributed by atoms with Gasteiger partial charge in [0.25, 0.3) is 11.1 Å². The van der Waals surface area contributed by atoms with Gasteiger partial charge in [0.2, 0.25) is 5.13 Å². The van der Waals surface area contributed by atoms with Gasteiger partial charge in [-0.05, 0) is 29.5 Å². The minimum absolute atomic E-state index is 0.220. The fourth-order valence-electron chi connectivity index (χ4n) is 1.44. The Morgan fingerprint density at radius 2 is 2.16 bits per heavy atom. The molecule has 1 amide bonds. The molecule has 0 fully saturated rings. The molecule has 1 aromatic carbocycles. The summed E-state index contributed by atoms with van der Waals surface area (Å²) < 4.78 is 4.92. The van der Waals surface area contributed by atoms with Crippen molar-refractivity contribution in [3.05, 3.63) is 29.8 Å². The third kappa shape index (κ3) is 3.19. The smallest absolute Gasteiger partial charge is 0.295 e. The highest BCUT2D eigenvalue weighted by Crippen LogP contribution is 2.22. The number of ether oxygens (including phenoxy) is 1. The maximum Gasteiger partial charge on any atom is 0.295 e. The second-order valence-electron chi connectivity index (χ2n) is 3.98. The molecule has 0 spiro atoms. The second kappa shape index (κ2) is 5.66. The van der Waals surface area contributed by atoms with Crippen molar-refractivity contribution in [2.75, 3.05) is 31.4 Å². The van der Waals surface area contributed by atoms with Crippen molar-refractivity contribution in [1.82, 2.24) is 10.2 Å². The van der Waals surface area contributed by atoms with Gasteiger partial charge in [0.1, 0.15) is 0 Å². The van der Waals surface area contributed by atoms with E-state index < -0.39 is 0 Å². The van der Waals surface area contributed by atoms with Crippen LogP contribution in [0.4, 0.5) is 10.8 Å². The number of hydrogen-bond donors (Lipinski definition) is 1. The van der Waals surface area contributed by atoms with Gasteiger partial charge in [0.05, 0.1) is 7.11 Å². The molecule has 7 heteroatoms. The lowest BCUT2D eigenvalue weighted by atomic mass is 10.2. The normalized spacial score (nSPS) is 10.1. The summed E-state index contributed by atoms with van der Waals surface area (Å²) in [7, 11) is 5.35. The molecule has 6 nitrogen and oxygen atoms in total. The van der Waals surface area contributed by atoms with E-state index in [2.05, 4.69) is 15.5 Å². The topological polar surface area (TPSA) is 67.4 Å². The molecule has 0 radical (unpaired) electrons. The number of amides is 1. The van der Waals surface area contributed by atoms with Crippen molar-refractivity contribution in [3.8, 4) is 5.19 Å². The fourth-order valence-corrected chi connectivity index (χ4v) is 1.99. The quantitative estimate of drug-likeness (QED) is 0.924. The number of benzene rings is 1. The molecule has 19 heavy (non-hydrogen) atoms. The summed E-state index contributed by atoms with van der Waals surface area (Å²) in [4.78, 5) is 14.0. The molecule has 1 N–H and O–H groups in total. The average Bonchev–Trinajstić information content (AvgIpc) is 2.86. The Labute approximate surface area is 115 Å². The summed E-state index contributed by atoms with van der Waals surface area (Å²) in [6.07, 6.45) is 0. The Balaban J connectivity index is 2.13. The maximum atomic E-state index is 12.1. The van der Waals surface area contributed by atoms with Crippen LogP contribution in [0.15, 0.2) is 24.3 Å². The SMILES string of the molecule is COc1nnc(NC(=O)c2cccc(N(C)C)c2)s1. The van der Waals surface area contributed by atoms with Gasteiger partial charge in [-0.1, -0.05) is 11.2 Å². The van der Waals surface area contributed by atoms with Gasteiger partial charge < -0.3 is 9.64 Å². The number of anilines is 2. The van der Waals surface area contributed by atoms with E-state index in [1.165, 1.54) is 18.4 Å². The minimum Gasteiger partial charge on any atom is -0.472 e. The fraction of sp³-hybridized carbons (Fsp3) is 0.250. The van der Waals surface area contributed by atoms with Gasteiger partial charge in [-0.15, -0.1) is 5.10 Å². The Kier molecular flexibility index (Phi) is 3.96. The van der Waals surface area contributed by atoms with E-state index in [4.69, 9.17) is 4.74 Å². The van der Waals surface area contributed by atoms with E-state index in [0.29, 0.717) is 15.9 Å². The summed E-state index contributed by atoms with van der Waals surface area (Å²) in [5.74, 6) is -0.220. The minimum atomic E-state index is -0.220. The molecule has 0 aliphatic heterocycles. The van der Waals surface area contributed by atoms with Crippen LogP contribution in [0.5, 0.6) is 5.19 Å². The van der Waals surface area contributed by atoms with Gasteiger partial charge in [0, 0.05) is 25.3 Å². The van der Waals surface area contributed by atoms with E-state index in [9.17, 15) is 4.79 Å². The number of rotatable bonds is 4. The molecule has 2 rings (SSSR count). The molecular weight excluding hydrogens is 264 g/mol. The third-order valence-corrected chi connectivity index (χ3v) is 3.23. The molecule has 0 atom stereocenters. The number of hydrogen-bond acceptors (Lipinski definition) is 6. The van der Waals surface area contributed by atoms with Crippen molar-refractivity contribution in [3.63, 3.8) is 0 Å². The number of nitrogens with one attached hydrogen (secondary N) is 1. The van der Waals surface area contributed by atoms with Crippen molar-refractivity contribution in [2.45, 2.75) is 0 Å². The Hall–Kier alpha value is -2.15. The van der Waals surface area contributed by atoms with Gasteiger partial charge in [0.15, 0.2) is 0 Å². The molecule has 100 valence electrons. The van der Waals surface area contributed by atoms with Gasteiger partial charge >= 0.3 is 0 Å². The molecule has 0 aliphatic rings. The zero-order valence-corrected chi connectivity index (χ0v) is 11.7. The first kappa shape index (κ1) is 13.3. The third-order valence-electron chi connectivity index (χ3n) is 2.43. The highest BCUT2D eigenvalue weighted by Gasteiger charge is 2.11. The Morgan fingerprint density at radius 3 is 2.79 bits per heavy atom. The van der Waals surface area contributed by atoms with Gasteiger partial charge in [-0.3, -0.25) is 10.1 Å². The first-order valence-corrected chi connectivity index (χ1v) is 6.38. The van der Waals surface area contributed by atoms with Crippen molar-refractivity contribution >= 4 is 28.1 Å². The van der Waals surface area contributed by atoms with Crippen LogP contribution in [-0.4, -0.2) is 37.3 Å². The summed E-state index contributed by atoms with van der Waals surface area (Å²) >= 11 is 1.18. The van der Waals surface area contributed by atoms with Crippen LogP contribution in [-0.2, 0) is 0 Å². The largest absolute Gasteiger partial charge is 0.472 e. The predicted molar refractivity (Wildman–Crippen MR) is 75.2 cm³/mol. The maximum absolute atomic E-state index is 12.1. The zero-order chi connectivity index (χ0) is 13.8. The monoisotopic (exact) mass is 278 g/mol. The summed E-state index contributed by atoms with van der Waals surface area (Å²) in [6.45, 7) is 0. The highest BCUT2D eigenvalue weighted by molar-refractivity contribution is 7.17. The van der Waals surface area contributed by atoms with E-state index in [0.717, 1.165) is 5.69 Å². The van der Waals surface area contributed by atoms with Crippen LogP contribution in [0.25, 0.3) is 0 Å². The molecular formula is C12H14N4O2S. The van der Waals surface area contributed by atoms with Crippen LogP contribution >= 0.6 is 11.3 Å². The van der Waals surface area contributed by atoms with Gasteiger partial charge in [-0.2, -0.15) is 0 Å². The molecule has 0 unspecified atom stereocenters. The molecule has 0 saturated heterocycles. The molecule has 0 aliphatic carbocycles. The van der Waals surface area contributed by atoms with Crippen molar-refractivity contribution in [2.24, 2.45) is 0 Å². The predicted octanol–water partition coefficient (Wildman–Crippen LogP) is 1.86. The molecule has 0 saturated carbocycles. The second-order valence-corrected chi connectivity index (χ2v) is 4.92. The van der Waals surface area contributed by atoms with E-state index >= 15 is 0 Å². The lowest BCUT2D eigenvalue weighted by molar-refractivity contribution is 0.102. The first-order valence-electron chi connectivity index (χ1n) is 5.56. The number of carbonyl (C=O) groups excluding carboxylic acids is 1. The number of aromatic nitrogens is 2. The molecule has 1 aromatic heterocycles. The lowest BCUT2D eigenvalue weighted by Crippen LogP contribution is -2.14. The summed E-state index contributed by atoms with van der Waals surface area (Å²) in [6, 6.07) is 7.34. The van der Waals surface area contributed by atoms with E-state index in [-0.39, 0.29) is 5.91 Å². The number of carbonyl (C=O) groups is 1. The van der Waals surface area contributed by atoms with Crippen LogP contribution < -0.4 is 15.0 Å². The summed E-state index contributed by atoms with van der Waals surface area (Å²) in [5.41, 5.74) is 1.53. The van der Waals surface area contributed by atoms with Crippen molar-refractivity contribution < 1.29 is 9.53 Å². The zero-order valence-electron chi connectivity index (χ0n) is 10.9. The van der Waals surface area contributed by atoms with E-state index in [1.54, 1.807) is 6.07 Å². The number of methoxy groups -OCH3 is 1. The van der Waals surface area contributed by atoms with Gasteiger partial charge in [-0.25, -0.2) is 0 Å². The van der Waals surface area contributed by atoms with Crippen LogP contribution in [0.1, 0.15) is 10.4 Å². The Bertz CT molecular complexity index is 583. The number of nitrogens with zero attached hydrogens (tertiary/aromatic N) is 3. The standard InChI is InChI=1S/C12H14N4O2S/c1-16(2)9-6-4-5-8(7-9)10(17)13-11-14-15-12(18-3)19-11/h4-7H,1-3H3,(H,13,14,17). The van der Waals surface area contributed by atoms with E-state index in [1.807, 2.05) is 37.2 Å². The molecule has 0 bridgehead atoms. The molecule has 2 aromatic rings. The first-order chi connectivity index (χ1) is 9.10. The molecule has 1 heterocycles. The van der Waals surface area contributed by atoms with Crippen LogP contribution in [0.2, 0.25) is 0 Å². The Morgan fingerprint density at radius 1 is 1.37 bits per heavy atom. The lowest BCUT2D eigenvalue weighted by Gasteiger charge is -2.13. The van der Waals surface area contributed by atoms with Crippen LogP contribution in [0, 0.1) is 0 Å². The average molecular weight is 278 g/mol. The summed E-state index contributed by atoms with van der Waals surface area (Å²) in [5, 5.41) is 11.1. The van der Waals surface area contributed by atoms with Crippen LogP contribution in [0.3, 0.4) is 0 Å². The van der Waals surface area contributed by atoms with Crippen molar-refractivity contribution in [1.29, 1.82) is 0 Å².